The molecule has 2 N–H and O–H groups in total. The van der Waals surface area contributed by atoms with Crippen molar-refractivity contribution in [3.8, 4) is 10.7 Å². The molecule has 0 saturated heterocycles. The lowest BCUT2D eigenvalue weighted by atomic mass is 10.1. The molecule has 3 aromatic heterocycles. The number of carbonyl (C=O) groups excluding carboxylic acids is 1. The molecule has 4 rings (SSSR count). The first-order valence-electron chi connectivity index (χ1n) is 8.12. The van der Waals surface area contributed by atoms with Crippen molar-refractivity contribution in [3.63, 3.8) is 0 Å². The van der Waals surface area contributed by atoms with Crippen LogP contribution in [-0.4, -0.2) is 31.8 Å². The van der Waals surface area contributed by atoms with E-state index >= 15 is 0 Å². The van der Waals surface area contributed by atoms with Gasteiger partial charge in [0.1, 0.15) is 11.0 Å². The fourth-order valence-electron chi connectivity index (χ4n) is 2.48. The van der Waals surface area contributed by atoms with Crippen LogP contribution in [0.2, 0.25) is 0 Å². The third-order valence-electron chi connectivity index (χ3n) is 3.69. The second-order valence-electron chi connectivity index (χ2n) is 5.51. The molecule has 1 atom stereocenters. The van der Waals surface area contributed by atoms with Gasteiger partial charge in [0.2, 0.25) is 11.1 Å². The number of thiazole rings is 1. The maximum absolute atomic E-state index is 12.5. The Morgan fingerprint density at radius 3 is 2.78 bits per heavy atom. The summed E-state index contributed by atoms with van der Waals surface area (Å²) < 4.78 is 0. The second kappa shape index (κ2) is 8.47. The highest BCUT2D eigenvalue weighted by Gasteiger charge is 2.19. The highest BCUT2D eigenvalue weighted by molar-refractivity contribution is 7.99. The van der Waals surface area contributed by atoms with Crippen molar-refractivity contribution in [1.82, 2.24) is 25.5 Å². The number of hydrogen-bond donors (Lipinski definition) is 2. The maximum atomic E-state index is 12.5. The first-order chi connectivity index (χ1) is 13.3. The van der Waals surface area contributed by atoms with Crippen LogP contribution in [0.3, 0.4) is 0 Å². The van der Waals surface area contributed by atoms with Gasteiger partial charge < -0.3 is 5.32 Å². The van der Waals surface area contributed by atoms with Gasteiger partial charge in [0.05, 0.1) is 10.6 Å². The van der Waals surface area contributed by atoms with E-state index in [1.54, 1.807) is 17.5 Å². The van der Waals surface area contributed by atoms with Crippen molar-refractivity contribution in [2.75, 3.05) is 5.75 Å². The number of rotatable bonds is 7. The van der Waals surface area contributed by atoms with Crippen molar-refractivity contribution in [1.29, 1.82) is 0 Å². The predicted octanol–water partition coefficient (Wildman–Crippen LogP) is 3.99. The lowest BCUT2D eigenvalue weighted by molar-refractivity contribution is -0.119. The third kappa shape index (κ3) is 4.44. The van der Waals surface area contributed by atoms with E-state index < -0.39 is 0 Å². The van der Waals surface area contributed by atoms with Crippen molar-refractivity contribution >= 4 is 40.3 Å². The fraction of sp³-hybridized carbons (Fsp3) is 0.111. The van der Waals surface area contributed by atoms with Crippen LogP contribution < -0.4 is 5.32 Å². The molecule has 136 valence electrons. The monoisotopic (exact) mass is 413 g/mol. The molecule has 0 bridgehead atoms. The average molecular weight is 414 g/mol. The van der Waals surface area contributed by atoms with Crippen molar-refractivity contribution in [2.45, 2.75) is 11.2 Å². The number of amides is 1. The molecule has 0 aliphatic heterocycles. The van der Waals surface area contributed by atoms with Crippen LogP contribution in [0.4, 0.5) is 0 Å². The summed E-state index contributed by atoms with van der Waals surface area (Å²) in [5.74, 6) is 0.862. The first-order valence-corrected chi connectivity index (χ1v) is 10.9. The first kappa shape index (κ1) is 17.9. The van der Waals surface area contributed by atoms with Gasteiger partial charge in [-0.3, -0.25) is 9.89 Å². The van der Waals surface area contributed by atoms with Gasteiger partial charge in [0.15, 0.2) is 5.82 Å². The molecule has 0 spiro atoms. The Hall–Kier alpha value is -2.49. The van der Waals surface area contributed by atoms with Crippen LogP contribution in [0, 0.1) is 0 Å². The predicted molar refractivity (Wildman–Crippen MR) is 109 cm³/mol. The average Bonchev–Trinajstić information content (AvgIpc) is 3.47. The van der Waals surface area contributed by atoms with Crippen molar-refractivity contribution in [2.24, 2.45) is 0 Å². The van der Waals surface area contributed by atoms with Crippen LogP contribution in [0.15, 0.2) is 64.6 Å². The number of aromatic amines is 1. The molecule has 27 heavy (non-hydrogen) atoms. The Morgan fingerprint density at radius 1 is 1.15 bits per heavy atom. The zero-order chi connectivity index (χ0) is 18.5. The van der Waals surface area contributed by atoms with Gasteiger partial charge in [0, 0.05) is 11.6 Å². The topological polar surface area (TPSA) is 83.6 Å². The van der Waals surface area contributed by atoms with E-state index in [4.69, 9.17) is 0 Å². The molecule has 4 aromatic rings. The number of nitrogens with one attached hydrogen (secondary N) is 2. The van der Waals surface area contributed by atoms with Gasteiger partial charge in [-0.15, -0.1) is 27.8 Å². The molecule has 1 unspecified atom stereocenters. The van der Waals surface area contributed by atoms with Crippen molar-refractivity contribution < 1.29 is 4.79 Å². The lowest BCUT2D eigenvalue weighted by Crippen LogP contribution is -2.30. The highest BCUT2D eigenvalue weighted by Crippen LogP contribution is 2.25. The molecule has 0 radical (unpaired) electrons. The van der Waals surface area contributed by atoms with Crippen LogP contribution in [-0.2, 0) is 4.79 Å². The van der Waals surface area contributed by atoms with Gasteiger partial charge in [0.25, 0.3) is 0 Å². The minimum atomic E-state index is -0.256. The standard InChI is InChI=1S/C18H15N5OS3/c24-14(11-27-18-21-16(22-23-18)13-7-4-9-25-13)20-15(17-19-8-10-26-17)12-5-2-1-3-6-12/h1-10,15H,11H2,(H,20,24)(H,21,22,23). The molecule has 0 fully saturated rings. The van der Waals surface area contributed by atoms with Crippen LogP contribution in [0.5, 0.6) is 0 Å². The summed E-state index contributed by atoms with van der Waals surface area (Å²) in [6.45, 7) is 0. The maximum Gasteiger partial charge on any atom is 0.231 e. The number of H-pyrrole nitrogens is 1. The van der Waals surface area contributed by atoms with Crippen LogP contribution >= 0.6 is 34.4 Å². The summed E-state index contributed by atoms with van der Waals surface area (Å²) in [5.41, 5.74) is 1.00. The summed E-state index contributed by atoms with van der Waals surface area (Å²) in [5, 5.41) is 15.5. The van der Waals surface area contributed by atoms with E-state index in [0.717, 1.165) is 21.3 Å². The quantitative estimate of drug-likeness (QED) is 0.448. The summed E-state index contributed by atoms with van der Waals surface area (Å²) >= 11 is 4.42. The third-order valence-corrected chi connectivity index (χ3v) is 6.25. The summed E-state index contributed by atoms with van der Waals surface area (Å²) in [6, 6.07) is 13.5. The summed E-state index contributed by atoms with van der Waals surface area (Å²) in [6.07, 6.45) is 1.75. The van der Waals surface area contributed by atoms with E-state index in [1.165, 1.54) is 23.1 Å². The number of thioether (sulfide) groups is 1. The number of thiophene rings is 1. The SMILES string of the molecule is O=C(CSc1n[nH]c(-c2cccs2)n1)NC(c1ccccc1)c1nccs1. The van der Waals surface area contributed by atoms with E-state index in [0.29, 0.717) is 5.16 Å². The van der Waals surface area contributed by atoms with E-state index in [1.807, 2.05) is 53.2 Å². The van der Waals surface area contributed by atoms with E-state index in [9.17, 15) is 4.79 Å². The lowest BCUT2D eigenvalue weighted by Gasteiger charge is -2.16. The largest absolute Gasteiger partial charge is 0.342 e. The normalized spacial score (nSPS) is 12.0. The highest BCUT2D eigenvalue weighted by atomic mass is 32.2. The van der Waals surface area contributed by atoms with Gasteiger partial charge in [-0.2, -0.15) is 0 Å². The van der Waals surface area contributed by atoms with E-state index in [-0.39, 0.29) is 17.7 Å². The van der Waals surface area contributed by atoms with E-state index in [2.05, 4.69) is 25.5 Å². The molecule has 6 nitrogen and oxygen atoms in total. The number of benzene rings is 1. The minimum Gasteiger partial charge on any atom is -0.342 e. The molecule has 1 amide bonds. The van der Waals surface area contributed by atoms with Crippen molar-refractivity contribution in [3.05, 3.63) is 70.0 Å². The second-order valence-corrected chi connectivity index (χ2v) is 8.33. The number of carbonyl (C=O) groups is 1. The Kier molecular flexibility index (Phi) is 5.61. The zero-order valence-electron chi connectivity index (χ0n) is 14.0. The summed E-state index contributed by atoms with van der Waals surface area (Å²) in [4.78, 5) is 22.3. The number of aromatic nitrogens is 4. The summed E-state index contributed by atoms with van der Waals surface area (Å²) in [7, 11) is 0. The van der Waals surface area contributed by atoms with Gasteiger partial charge in [-0.05, 0) is 17.0 Å². The molecule has 9 heteroatoms. The molecule has 3 heterocycles. The fourth-order valence-corrected chi connectivity index (χ4v) is 4.46. The molecule has 0 aliphatic rings. The Balaban J connectivity index is 1.40. The molecular weight excluding hydrogens is 398 g/mol. The van der Waals surface area contributed by atoms with Gasteiger partial charge >= 0.3 is 0 Å². The molecule has 0 aliphatic carbocycles. The number of nitrogens with zero attached hydrogens (tertiary/aromatic N) is 3. The van der Waals surface area contributed by atoms with Gasteiger partial charge in [-0.1, -0.05) is 48.2 Å². The van der Waals surface area contributed by atoms with Crippen LogP contribution in [0.1, 0.15) is 16.6 Å². The zero-order valence-corrected chi connectivity index (χ0v) is 16.5. The number of hydrogen-bond acceptors (Lipinski definition) is 7. The Bertz CT molecular complexity index is 983. The Morgan fingerprint density at radius 2 is 2.04 bits per heavy atom. The Labute approximate surface area is 168 Å². The van der Waals surface area contributed by atoms with Crippen LogP contribution in [0.25, 0.3) is 10.7 Å². The van der Waals surface area contributed by atoms with Gasteiger partial charge in [-0.25, -0.2) is 9.97 Å². The molecule has 1 aromatic carbocycles. The molecular formula is C18H15N5OS3. The minimum absolute atomic E-state index is 0.0912. The smallest absolute Gasteiger partial charge is 0.231 e. The molecule has 0 saturated carbocycles.